The molecule has 0 saturated carbocycles. The Morgan fingerprint density at radius 1 is 0.930 bits per heavy atom. The smallest absolute Gasteiger partial charge is 0.411 e. The molecule has 0 bridgehead atoms. The monoisotopic (exact) mass is 595 g/mol. The number of rotatable bonds is 15. The number of anilines is 1. The van der Waals surface area contributed by atoms with E-state index in [4.69, 9.17) is 9.47 Å². The minimum Gasteiger partial charge on any atom is -0.487 e. The first-order valence-electron chi connectivity index (χ1n) is 16.9. The van der Waals surface area contributed by atoms with Crippen molar-refractivity contribution in [1.82, 2.24) is 0 Å². The third-order valence-corrected chi connectivity index (χ3v) is 8.84. The van der Waals surface area contributed by atoms with E-state index in [9.17, 15) is 4.79 Å². The minimum absolute atomic E-state index is 0.110. The summed E-state index contributed by atoms with van der Waals surface area (Å²) in [5, 5.41) is 2.66. The van der Waals surface area contributed by atoms with Gasteiger partial charge in [-0.15, -0.1) is 0 Å². The largest absolute Gasteiger partial charge is 0.487 e. The molecular formula is C38H61NO4. The van der Waals surface area contributed by atoms with Crippen LogP contribution in [0.2, 0.25) is 0 Å². The molecular weight excluding hydrogens is 534 g/mol. The zero-order valence-electron chi connectivity index (χ0n) is 29.0. The molecule has 0 spiro atoms. The zero-order valence-corrected chi connectivity index (χ0v) is 29.0. The lowest BCUT2D eigenvalue weighted by atomic mass is 9.85. The van der Waals surface area contributed by atoms with Gasteiger partial charge in [0.25, 0.3) is 0 Å². The molecule has 1 heterocycles. The van der Waals surface area contributed by atoms with Crippen LogP contribution < -0.4 is 14.8 Å². The van der Waals surface area contributed by atoms with Crippen molar-refractivity contribution in [1.29, 1.82) is 0 Å². The average molecular weight is 596 g/mol. The van der Waals surface area contributed by atoms with Crippen molar-refractivity contribution in [3.05, 3.63) is 47.0 Å². The van der Waals surface area contributed by atoms with Crippen LogP contribution in [0.25, 0.3) is 0 Å². The molecule has 5 heteroatoms. The number of ether oxygens (including phenoxy) is 3. The lowest BCUT2D eigenvalue weighted by Gasteiger charge is -2.37. The van der Waals surface area contributed by atoms with E-state index in [1.54, 1.807) is 12.1 Å². The van der Waals surface area contributed by atoms with Crippen LogP contribution in [0, 0.1) is 31.6 Å². The van der Waals surface area contributed by atoms with E-state index in [0.29, 0.717) is 5.69 Å². The number of fused-ring (bicyclic) bond motifs is 1. The molecule has 2 aromatic rings. The molecule has 0 aromatic heterocycles. The molecule has 242 valence electrons. The molecule has 2 aromatic carbocycles. The van der Waals surface area contributed by atoms with Gasteiger partial charge >= 0.3 is 6.09 Å². The van der Waals surface area contributed by atoms with Gasteiger partial charge < -0.3 is 14.2 Å². The van der Waals surface area contributed by atoms with Gasteiger partial charge in [0, 0.05) is 11.3 Å². The summed E-state index contributed by atoms with van der Waals surface area (Å²) in [5.74, 6) is 5.10. The summed E-state index contributed by atoms with van der Waals surface area (Å²) in [7, 11) is 1.35. The maximum atomic E-state index is 11.4. The quantitative estimate of drug-likeness (QED) is 0.222. The predicted molar refractivity (Wildman–Crippen MR) is 182 cm³/mol. The molecule has 3 rings (SSSR count). The Hall–Kier alpha value is -2.69. The van der Waals surface area contributed by atoms with Gasteiger partial charge in [-0.1, -0.05) is 86.5 Å². The first-order chi connectivity index (χ1) is 20.5. The second-order valence-corrected chi connectivity index (χ2v) is 13.3. The van der Waals surface area contributed by atoms with E-state index < -0.39 is 6.09 Å². The highest BCUT2D eigenvalue weighted by Gasteiger charge is 2.33. The molecule has 3 unspecified atom stereocenters. The highest BCUT2D eigenvalue weighted by atomic mass is 16.5. The van der Waals surface area contributed by atoms with E-state index in [1.165, 1.54) is 64.0 Å². The molecule has 43 heavy (non-hydrogen) atoms. The van der Waals surface area contributed by atoms with Crippen LogP contribution in [0.4, 0.5) is 10.5 Å². The van der Waals surface area contributed by atoms with E-state index >= 15 is 0 Å². The first-order valence-corrected chi connectivity index (χ1v) is 16.9. The fourth-order valence-electron chi connectivity index (χ4n) is 6.10. The van der Waals surface area contributed by atoms with Crippen molar-refractivity contribution in [2.45, 2.75) is 139 Å². The topological polar surface area (TPSA) is 56.8 Å². The Kier molecular flexibility index (Phi) is 15.4. The summed E-state index contributed by atoms with van der Waals surface area (Å²) < 4.78 is 17.7. The van der Waals surface area contributed by atoms with Crippen LogP contribution in [0.3, 0.4) is 0 Å². The van der Waals surface area contributed by atoms with E-state index in [2.05, 4.69) is 64.6 Å². The maximum Gasteiger partial charge on any atom is 0.411 e. The number of methoxy groups -OCH3 is 1. The summed E-state index contributed by atoms with van der Waals surface area (Å²) in [5.41, 5.74) is 4.01. The molecule has 0 saturated heterocycles. The average Bonchev–Trinajstić information content (AvgIpc) is 2.96. The van der Waals surface area contributed by atoms with Crippen LogP contribution in [-0.2, 0) is 11.2 Å². The Bertz CT molecular complexity index is 1110. The van der Waals surface area contributed by atoms with Crippen LogP contribution in [0.5, 0.6) is 17.2 Å². The van der Waals surface area contributed by atoms with Gasteiger partial charge in [0.2, 0.25) is 0 Å². The van der Waals surface area contributed by atoms with Gasteiger partial charge in [-0.2, -0.15) is 0 Å². The van der Waals surface area contributed by atoms with E-state index in [1.807, 2.05) is 26.0 Å². The molecule has 0 fully saturated rings. The number of carbonyl (C=O) groups excluding carboxylic acids is 1. The van der Waals surface area contributed by atoms with Gasteiger partial charge in [0.15, 0.2) is 0 Å². The van der Waals surface area contributed by atoms with Gasteiger partial charge in [-0.05, 0) is 106 Å². The third-order valence-electron chi connectivity index (χ3n) is 8.84. The van der Waals surface area contributed by atoms with Crippen molar-refractivity contribution in [3.8, 4) is 17.2 Å². The minimum atomic E-state index is -0.491. The van der Waals surface area contributed by atoms with Gasteiger partial charge in [-0.3, -0.25) is 5.32 Å². The summed E-state index contributed by atoms with van der Waals surface area (Å²) in [6.45, 7) is 20.0. The number of benzene rings is 2. The summed E-state index contributed by atoms with van der Waals surface area (Å²) in [4.78, 5) is 11.4. The number of hydrogen-bond acceptors (Lipinski definition) is 4. The van der Waals surface area contributed by atoms with Gasteiger partial charge in [0.1, 0.15) is 22.8 Å². The lowest BCUT2D eigenvalue weighted by molar-refractivity contribution is 0.0520. The third kappa shape index (κ3) is 12.1. The summed E-state index contributed by atoms with van der Waals surface area (Å²) in [6.07, 6.45) is 13.4. The fraction of sp³-hybridized carbons (Fsp3) is 0.658. The maximum absolute atomic E-state index is 11.4. The van der Waals surface area contributed by atoms with E-state index in [-0.39, 0.29) is 5.60 Å². The zero-order chi connectivity index (χ0) is 32.0. The van der Waals surface area contributed by atoms with E-state index in [0.717, 1.165) is 65.4 Å². The molecule has 1 aliphatic rings. The van der Waals surface area contributed by atoms with Crippen molar-refractivity contribution in [3.63, 3.8) is 0 Å². The predicted octanol–water partition coefficient (Wildman–Crippen LogP) is 11.8. The summed E-state index contributed by atoms with van der Waals surface area (Å²) >= 11 is 0. The number of hydrogen-bond donors (Lipinski definition) is 1. The second-order valence-electron chi connectivity index (χ2n) is 13.3. The number of carbonyl (C=O) groups is 1. The van der Waals surface area contributed by atoms with Gasteiger partial charge in [0.05, 0.1) is 7.11 Å². The van der Waals surface area contributed by atoms with Crippen LogP contribution in [0.1, 0.15) is 129 Å². The van der Waals surface area contributed by atoms with Crippen LogP contribution >= 0.6 is 0 Å². The molecule has 1 N–H and O–H groups in total. The SMILES string of the molecule is CC.COC(=O)Nc1ccc(Oc2c(C)cc3c(c2C)CCC(C)(CCCC(C)CCCC(C)CCCC(C)C)O3)cc1. The molecule has 5 nitrogen and oxygen atoms in total. The van der Waals surface area contributed by atoms with Crippen molar-refractivity contribution >= 4 is 11.8 Å². The van der Waals surface area contributed by atoms with Crippen LogP contribution in [-0.4, -0.2) is 18.8 Å². The standard InChI is InChI=1S/C36H55NO4.C2H6/c1-25(2)12-9-13-26(3)14-10-15-27(4)16-11-22-36(7)23-21-32-29(6)34(28(5)24-33(32)41-36)40-31-19-17-30(18-20-31)37-35(38)39-8;1-2/h17-20,24-27H,9-16,21-23H2,1-8H3,(H,37,38);1-2H3. The first kappa shape index (κ1) is 36.5. The fourth-order valence-corrected chi connectivity index (χ4v) is 6.10. The van der Waals surface area contributed by atoms with Gasteiger partial charge in [-0.25, -0.2) is 4.79 Å². The molecule has 1 aliphatic heterocycles. The molecule has 0 aliphatic carbocycles. The number of nitrogens with one attached hydrogen (secondary N) is 1. The highest BCUT2D eigenvalue weighted by Crippen LogP contribution is 2.43. The number of amides is 1. The molecule has 0 radical (unpaired) electrons. The summed E-state index contributed by atoms with van der Waals surface area (Å²) in [6, 6.07) is 9.47. The second kappa shape index (κ2) is 18.2. The highest BCUT2D eigenvalue weighted by molar-refractivity contribution is 5.84. The Morgan fingerprint density at radius 2 is 1.51 bits per heavy atom. The normalized spacial score (nSPS) is 17.2. The van der Waals surface area contributed by atoms with Crippen LogP contribution in [0.15, 0.2) is 30.3 Å². The Labute approximate surface area is 263 Å². The molecule has 1 amide bonds. The lowest BCUT2D eigenvalue weighted by Crippen LogP contribution is -2.36. The Balaban J connectivity index is 0.00000316. The van der Waals surface area contributed by atoms with Crippen molar-refractivity contribution < 1.29 is 19.0 Å². The van der Waals surface area contributed by atoms with Crippen molar-refractivity contribution in [2.24, 2.45) is 17.8 Å². The molecule has 3 atom stereocenters. The number of aryl methyl sites for hydroxylation is 1. The Morgan fingerprint density at radius 3 is 2.09 bits per heavy atom. The van der Waals surface area contributed by atoms with Crippen molar-refractivity contribution in [2.75, 3.05) is 12.4 Å².